The maximum atomic E-state index is 13.5. The van der Waals surface area contributed by atoms with Gasteiger partial charge in [-0.3, -0.25) is 13.6 Å². The van der Waals surface area contributed by atoms with Crippen LogP contribution in [0.15, 0.2) is 47.4 Å². The minimum atomic E-state index is -3.73. The van der Waals surface area contributed by atoms with E-state index in [1.54, 1.807) is 40.8 Å². The maximum absolute atomic E-state index is 13.5. The molecule has 36 heavy (non-hydrogen) atoms. The van der Waals surface area contributed by atoms with E-state index in [2.05, 4.69) is 30.8 Å². The molecule has 3 N–H and O–H groups in total. The van der Waals surface area contributed by atoms with E-state index in [1.807, 2.05) is 30.3 Å². The lowest BCUT2D eigenvalue weighted by molar-refractivity contribution is 0.0105. The van der Waals surface area contributed by atoms with E-state index in [4.69, 9.17) is 9.05 Å². The molecule has 0 amide bonds. The summed E-state index contributed by atoms with van der Waals surface area (Å²) in [6.07, 6.45) is -0.853. The smallest absolute Gasteiger partial charge is 0.389 e. The Kier molecular flexibility index (Phi) is 11.0. The molecule has 0 spiro atoms. The number of aromatic nitrogens is 2. The second kappa shape index (κ2) is 13.3. The summed E-state index contributed by atoms with van der Waals surface area (Å²) in [7, 11) is -0.383. The van der Waals surface area contributed by atoms with Crippen LogP contribution in [-0.4, -0.2) is 60.9 Å². The van der Waals surface area contributed by atoms with Crippen LogP contribution in [0.5, 0.6) is 0 Å². The fraction of sp³-hybridized carbons (Fsp3) is 0.565. The standard InChI is InChI=1S/C23H34N3O6PS3/c1-16-10-11-26(22(29)25-16)21-20(28)19(27)18(35-21)15-32-33(30,24-14-17-8-6-5-7-9-17)31-12-13-34-36-23(2,3)4/h5-11,18-21,27-28H,12-15H2,1-4H3,(H,24,30)/t18-,19-,20+,21-,33?/m1/s1. The average molecular weight is 576 g/mol. The monoisotopic (exact) mass is 575 g/mol. The quantitative estimate of drug-likeness (QED) is 0.193. The lowest BCUT2D eigenvalue weighted by Crippen LogP contribution is -2.36. The number of thioether (sulfide) groups is 1. The average Bonchev–Trinajstić information content (AvgIpc) is 3.10. The third-order valence-corrected chi connectivity index (χ3v) is 11.5. The summed E-state index contributed by atoms with van der Waals surface area (Å²) in [6, 6.07) is 11.1. The van der Waals surface area contributed by atoms with Crippen LogP contribution in [0.2, 0.25) is 0 Å². The van der Waals surface area contributed by atoms with Gasteiger partial charge in [-0.1, -0.05) is 72.7 Å². The van der Waals surface area contributed by atoms with Gasteiger partial charge in [0.05, 0.1) is 24.6 Å². The van der Waals surface area contributed by atoms with Crippen molar-refractivity contribution in [3.8, 4) is 0 Å². The van der Waals surface area contributed by atoms with E-state index < -0.39 is 36.3 Å². The van der Waals surface area contributed by atoms with Crippen molar-refractivity contribution in [2.24, 2.45) is 0 Å². The second-order valence-corrected chi connectivity index (χ2v) is 15.7. The third-order valence-electron chi connectivity index (χ3n) is 5.05. The molecule has 1 fully saturated rings. The van der Waals surface area contributed by atoms with Crippen molar-refractivity contribution in [2.75, 3.05) is 19.0 Å². The molecule has 0 aliphatic carbocycles. The summed E-state index contributed by atoms with van der Waals surface area (Å²) >= 11 is 1.18. The van der Waals surface area contributed by atoms with E-state index in [1.165, 1.54) is 16.3 Å². The van der Waals surface area contributed by atoms with Gasteiger partial charge in [0, 0.05) is 28.9 Å². The molecule has 1 unspecified atom stereocenters. The molecule has 2 aromatic rings. The lowest BCUT2D eigenvalue weighted by atomic mass is 10.1. The van der Waals surface area contributed by atoms with Crippen molar-refractivity contribution >= 4 is 41.1 Å². The van der Waals surface area contributed by atoms with Crippen LogP contribution < -0.4 is 10.8 Å². The predicted molar refractivity (Wildman–Crippen MR) is 148 cm³/mol. The zero-order chi connectivity index (χ0) is 26.3. The largest absolute Gasteiger partial charge is 0.405 e. The molecule has 1 aromatic heterocycles. The summed E-state index contributed by atoms with van der Waals surface area (Å²) in [5, 5.41) is 22.7. The topological polar surface area (TPSA) is 123 Å². The molecule has 5 atom stereocenters. The molecule has 13 heteroatoms. The van der Waals surface area contributed by atoms with E-state index in [0.717, 1.165) is 5.56 Å². The molecule has 2 heterocycles. The first-order valence-corrected chi connectivity index (χ1v) is 16.3. The summed E-state index contributed by atoms with van der Waals surface area (Å²) in [5.41, 5.74) is 0.972. The molecule has 0 saturated carbocycles. The molecule has 1 aliphatic rings. The van der Waals surface area contributed by atoms with Gasteiger partial charge in [0.15, 0.2) is 0 Å². The van der Waals surface area contributed by atoms with Gasteiger partial charge in [-0.2, -0.15) is 4.98 Å². The summed E-state index contributed by atoms with van der Waals surface area (Å²) in [4.78, 5) is 16.2. The van der Waals surface area contributed by atoms with Gasteiger partial charge < -0.3 is 10.2 Å². The number of rotatable bonds is 12. The highest BCUT2D eigenvalue weighted by molar-refractivity contribution is 8.77. The maximum Gasteiger partial charge on any atom is 0.405 e. The highest BCUT2D eigenvalue weighted by Gasteiger charge is 2.44. The van der Waals surface area contributed by atoms with Crippen LogP contribution in [-0.2, 0) is 20.2 Å². The van der Waals surface area contributed by atoms with E-state index in [-0.39, 0.29) is 24.5 Å². The Morgan fingerprint density at radius 3 is 2.56 bits per heavy atom. The normalized spacial score (nSPS) is 24.1. The van der Waals surface area contributed by atoms with Crippen LogP contribution in [0.25, 0.3) is 0 Å². The molecule has 1 aliphatic heterocycles. The van der Waals surface area contributed by atoms with Gasteiger partial charge in [0.25, 0.3) is 0 Å². The fourth-order valence-corrected chi connectivity index (χ4v) is 8.37. The molecular weight excluding hydrogens is 541 g/mol. The number of hydrogen-bond acceptors (Lipinski definition) is 10. The van der Waals surface area contributed by atoms with E-state index >= 15 is 0 Å². The number of aliphatic hydroxyl groups excluding tert-OH is 2. The highest BCUT2D eigenvalue weighted by atomic mass is 33.1. The number of aliphatic hydroxyl groups is 2. The Bertz CT molecular complexity index is 1080. The van der Waals surface area contributed by atoms with Crippen molar-refractivity contribution in [3.05, 3.63) is 64.3 Å². The van der Waals surface area contributed by atoms with Crippen molar-refractivity contribution < 1.29 is 23.8 Å². The molecule has 1 saturated heterocycles. The van der Waals surface area contributed by atoms with Crippen LogP contribution >= 0.6 is 41.1 Å². The number of hydrogen-bond donors (Lipinski definition) is 3. The Hall–Kier alpha value is -0.820. The van der Waals surface area contributed by atoms with Gasteiger partial charge in [-0.05, 0) is 18.6 Å². The Morgan fingerprint density at radius 1 is 1.17 bits per heavy atom. The Morgan fingerprint density at radius 2 is 1.89 bits per heavy atom. The zero-order valence-corrected chi connectivity index (χ0v) is 24.1. The van der Waals surface area contributed by atoms with Gasteiger partial charge in [0.2, 0.25) is 0 Å². The summed E-state index contributed by atoms with van der Waals surface area (Å²) < 4.78 is 26.4. The minimum absolute atomic E-state index is 0.0958. The second-order valence-electron chi connectivity index (χ2n) is 9.27. The molecular formula is C23H34N3O6PS3. The molecule has 200 valence electrons. The van der Waals surface area contributed by atoms with Crippen molar-refractivity contribution in [2.45, 2.75) is 61.8 Å². The van der Waals surface area contributed by atoms with Crippen LogP contribution in [0.1, 0.15) is 37.4 Å². The number of nitrogens with one attached hydrogen (secondary N) is 1. The Labute approximate surface area is 224 Å². The number of benzene rings is 1. The van der Waals surface area contributed by atoms with Gasteiger partial charge in [0.1, 0.15) is 11.5 Å². The van der Waals surface area contributed by atoms with Crippen LogP contribution in [0.4, 0.5) is 0 Å². The van der Waals surface area contributed by atoms with Gasteiger partial charge >= 0.3 is 13.4 Å². The lowest BCUT2D eigenvalue weighted by Gasteiger charge is -2.22. The van der Waals surface area contributed by atoms with Crippen LogP contribution in [0, 0.1) is 6.92 Å². The third kappa shape index (κ3) is 8.89. The highest BCUT2D eigenvalue weighted by Crippen LogP contribution is 2.48. The minimum Gasteiger partial charge on any atom is -0.389 e. The molecule has 3 rings (SSSR count). The fourth-order valence-electron chi connectivity index (χ4n) is 3.28. The van der Waals surface area contributed by atoms with Crippen LogP contribution in [0.3, 0.4) is 0 Å². The SMILES string of the molecule is Cc1ccn([C@@H]2S[C@H](COP(=O)(NCc3ccccc3)OCCSSC(C)(C)C)[C@@H](O)[C@@H]2O)c(=O)n1. The molecule has 0 radical (unpaired) electrons. The number of nitrogens with zero attached hydrogens (tertiary/aromatic N) is 2. The first-order chi connectivity index (χ1) is 17.0. The van der Waals surface area contributed by atoms with Gasteiger partial charge in [-0.25, -0.2) is 14.4 Å². The first-order valence-electron chi connectivity index (χ1n) is 11.5. The molecule has 1 aromatic carbocycles. The zero-order valence-electron chi connectivity index (χ0n) is 20.8. The molecule has 0 bridgehead atoms. The predicted octanol–water partition coefficient (Wildman–Crippen LogP) is 4.00. The Balaban J connectivity index is 1.63. The van der Waals surface area contributed by atoms with Crippen molar-refractivity contribution in [1.29, 1.82) is 0 Å². The van der Waals surface area contributed by atoms with E-state index in [0.29, 0.717) is 11.4 Å². The summed E-state index contributed by atoms with van der Waals surface area (Å²) in [6.45, 7) is 8.41. The number of aryl methyl sites for hydroxylation is 1. The van der Waals surface area contributed by atoms with Crippen molar-refractivity contribution in [3.63, 3.8) is 0 Å². The van der Waals surface area contributed by atoms with Crippen molar-refractivity contribution in [1.82, 2.24) is 14.6 Å². The molecule has 9 nitrogen and oxygen atoms in total. The van der Waals surface area contributed by atoms with Gasteiger partial charge in [-0.15, -0.1) is 11.8 Å². The van der Waals surface area contributed by atoms with E-state index in [9.17, 15) is 19.6 Å². The summed E-state index contributed by atoms with van der Waals surface area (Å²) in [5.74, 6) is 0.618. The first kappa shape index (κ1) is 29.7.